The summed E-state index contributed by atoms with van der Waals surface area (Å²) < 4.78 is 11.9. The molecule has 0 aromatic rings. The smallest absolute Gasteiger partial charge is 0.309 e. The summed E-state index contributed by atoms with van der Waals surface area (Å²) in [5.74, 6) is -1.18. The fourth-order valence-electron chi connectivity index (χ4n) is 2.81. The van der Waals surface area contributed by atoms with Crippen LogP contribution in [0.5, 0.6) is 0 Å². The standard InChI is InChI=1S/C12H21NO4.ClH/c1-13-9(7-11(14)15)10-8-16-12(17-10)5-3-2-4-6-12;/h9-10,13H,2-8H2,1H3,(H,14,15);1H/t9-,10+;/m0./s1. The van der Waals surface area contributed by atoms with Gasteiger partial charge in [0.05, 0.1) is 20.1 Å². The SMILES string of the molecule is C[NH2+][C@@H](CC(=O)O)[C@H]1COC2(CCCCC2)O1.[Cl-]. The van der Waals surface area contributed by atoms with Gasteiger partial charge in [-0.1, -0.05) is 6.42 Å². The van der Waals surface area contributed by atoms with Crippen LogP contribution < -0.4 is 17.7 Å². The van der Waals surface area contributed by atoms with Gasteiger partial charge in [0, 0.05) is 12.8 Å². The van der Waals surface area contributed by atoms with Gasteiger partial charge in [0.25, 0.3) is 0 Å². The van der Waals surface area contributed by atoms with Gasteiger partial charge in [-0.2, -0.15) is 0 Å². The van der Waals surface area contributed by atoms with Crippen LogP contribution in [0.3, 0.4) is 0 Å². The van der Waals surface area contributed by atoms with Crippen molar-refractivity contribution in [3.05, 3.63) is 0 Å². The first-order chi connectivity index (χ1) is 8.15. The lowest BCUT2D eigenvalue weighted by molar-refractivity contribution is -0.670. The van der Waals surface area contributed by atoms with Gasteiger partial charge in [-0.3, -0.25) is 4.79 Å². The summed E-state index contributed by atoms with van der Waals surface area (Å²) in [6.45, 7) is 0.530. The Kier molecular flexibility index (Phi) is 5.85. The van der Waals surface area contributed by atoms with Gasteiger partial charge in [0.15, 0.2) is 5.79 Å². The number of carboxylic acid groups (broad SMARTS) is 1. The van der Waals surface area contributed by atoms with Gasteiger partial charge in [-0.25, -0.2) is 0 Å². The van der Waals surface area contributed by atoms with Crippen molar-refractivity contribution in [2.75, 3.05) is 13.7 Å². The minimum absolute atomic E-state index is 0. The van der Waals surface area contributed by atoms with Gasteiger partial charge in [0.1, 0.15) is 12.1 Å². The molecule has 0 unspecified atom stereocenters. The zero-order chi connectivity index (χ0) is 12.3. The van der Waals surface area contributed by atoms with Gasteiger partial charge < -0.3 is 32.3 Å². The molecule has 2 fully saturated rings. The molecule has 2 atom stereocenters. The molecule has 2 rings (SSSR count). The lowest BCUT2D eigenvalue weighted by Crippen LogP contribution is -3.00. The lowest BCUT2D eigenvalue weighted by Gasteiger charge is -2.32. The predicted molar refractivity (Wildman–Crippen MR) is 60.5 cm³/mol. The molecule has 1 spiro atoms. The Bertz CT molecular complexity index is 281. The first-order valence-corrected chi connectivity index (χ1v) is 6.48. The molecule has 18 heavy (non-hydrogen) atoms. The highest BCUT2D eigenvalue weighted by atomic mass is 35.5. The molecule has 1 heterocycles. The Labute approximate surface area is 114 Å². The molecule has 1 saturated carbocycles. The van der Waals surface area contributed by atoms with Gasteiger partial charge >= 0.3 is 5.97 Å². The second-order valence-electron chi connectivity index (χ2n) is 5.03. The summed E-state index contributed by atoms with van der Waals surface area (Å²) in [5, 5.41) is 10.8. The number of carbonyl (C=O) groups is 1. The van der Waals surface area contributed by atoms with Crippen molar-refractivity contribution in [2.45, 2.75) is 56.5 Å². The van der Waals surface area contributed by atoms with Crippen LogP contribution in [0.1, 0.15) is 38.5 Å². The Balaban J connectivity index is 0.00000162. The maximum Gasteiger partial charge on any atom is 0.309 e. The molecule has 1 aliphatic heterocycles. The quantitative estimate of drug-likeness (QED) is 0.579. The highest BCUT2D eigenvalue weighted by Crippen LogP contribution is 2.38. The summed E-state index contributed by atoms with van der Waals surface area (Å²) >= 11 is 0. The van der Waals surface area contributed by atoms with E-state index >= 15 is 0 Å². The highest BCUT2D eigenvalue weighted by molar-refractivity contribution is 5.67. The Morgan fingerprint density at radius 1 is 1.44 bits per heavy atom. The molecule has 0 aromatic heterocycles. The van der Waals surface area contributed by atoms with Crippen molar-refractivity contribution < 1.29 is 37.1 Å². The van der Waals surface area contributed by atoms with E-state index in [2.05, 4.69) is 0 Å². The zero-order valence-corrected chi connectivity index (χ0v) is 11.5. The molecule has 2 aliphatic rings. The first kappa shape index (κ1) is 15.7. The average molecular weight is 280 g/mol. The summed E-state index contributed by atoms with van der Waals surface area (Å²) in [4.78, 5) is 10.8. The van der Waals surface area contributed by atoms with Crippen LogP contribution in [0.4, 0.5) is 0 Å². The molecule has 0 aromatic carbocycles. The molecule has 0 radical (unpaired) electrons. The molecule has 0 amide bonds. The van der Waals surface area contributed by atoms with E-state index in [1.807, 2.05) is 12.4 Å². The minimum Gasteiger partial charge on any atom is -1.00 e. The number of nitrogens with two attached hydrogens (primary N) is 1. The summed E-state index contributed by atoms with van der Waals surface area (Å²) in [5.41, 5.74) is 0. The van der Waals surface area contributed by atoms with Gasteiger partial charge in [-0.05, 0) is 12.8 Å². The number of ether oxygens (including phenoxy) is 2. The van der Waals surface area contributed by atoms with Crippen LogP contribution in [-0.4, -0.2) is 42.7 Å². The van der Waals surface area contributed by atoms with Crippen molar-refractivity contribution in [3.8, 4) is 0 Å². The number of quaternary nitrogens is 1. The predicted octanol–water partition coefficient (Wildman–Crippen LogP) is -2.90. The molecule has 5 nitrogen and oxygen atoms in total. The fourth-order valence-corrected chi connectivity index (χ4v) is 2.81. The lowest BCUT2D eigenvalue weighted by atomic mass is 9.94. The van der Waals surface area contributed by atoms with Crippen LogP contribution in [0.25, 0.3) is 0 Å². The van der Waals surface area contributed by atoms with Crippen LogP contribution in [0, 0.1) is 0 Å². The van der Waals surface area contributed by atoms with Crippen LogP contribution >= 0.6 is 0 Å². The molecule has 6 heteroatoms. The number of aliphatic carboxylic acids is 1. The minimum atomic E-state index is -0.777. The maximum atomic E-state index is 10.8. The Hall–Kier alpha value is -0.360. The Morgan fingerprint density at radius 2 is 2.11 bits per heavy atom. The average Bonchev–Trinajstić information content (AvgIpc) is 2.71. The number of likely N-dealkylation sites (N-methyl/N-ethyl adjacent to an activating group) is 1. The van der Waals surface area contributed by atoms with E-state index in [1.54, 1.807) is 0 Å². The van der Waals surface area contributed by atoms with E-state index < -0.39 is 11.8 Å². The molecule has 106 valence electrons. The highest BCUT2D eigenvalue weighted by Gasteiger charge is 2.45. The summed E-state index contributed by atoms with van der Waals surface area (Å²) in [7, 11) is 1.89. The number of halogens is 1. The Morgan fingerprint density at radius 3 is 2.67 bits per heavy atom. The molecule has 1 saturated heterocycles. The molecule has 1 aliphatic carbocycles. The molecule has 0 bridgehead atoms. The van der Waals surface area contributed by atoms with Crippen molar-refractivity contribution in [1.29, 1.82) is 0 Å². The van der Waals surface area contributed by atoms with Crippen molar-refractivity contribution in [1.82, 2.24) is 0 Å². The summed E-state index contributed by atoms with van der Waals surface area (Å²) in [6.07, 6.45) is 5.48. The number of carboxylic acids is 1. The van der Waals surface area contributed by atoms with Crippen molar-refractivity contribution in [2.24, 2.45) is 0 Å². The molecular formula is C12H22ClNO4. The van der Waals surface area contributed by atoms with Crippen LogP contribution in [0.2, 0.25) is 0 Å². The molecule has 3 N–H and O–H groups in total. The third-order valence-corrected chi connectivity index (χ3v) is 3.81. The first-order valence-electron chi connectivity index (χ1n) is 6.48. The van der Waals surface area contributed by atoms with E-state index in [4.69, 9.17) is 14.6 Å². The topological polar surface area (TPSA) is 72.4 Å². The third kappa shape index (κ3) is 3.57. The van der Waals surface area contributed by atoms with Gasteiger partial charge in [-0.15, -0.1) is 0 Å². The van der Waals surface area contributed by atoms with Crippen LogP contribution in [-0.2, 0) is 14.3 Å². The largest absolute Gasteiger partial charge is 1.00 e. The van der Waals surface area contributed by atoms with Crippen molar-refractivity contribution >= 4 is 5.97 Å². The monoisotopic (exact) mass is 279 g/mol. The van der Waals surface area contributed by atoms with E-state index in [0.717, 1.165) is 25.7 Å². The third-order valence-electron chi connectivity index (χ3n) is 3.81. The van der Waals surface area contributed by atoms with Crippen LogP contribution in [0.15, 0.2) is 0 Å². The maximum absolute atomic E-state index is 10.8. The normalized spacial score (nSPS) is 27.7. The van der Waals surface area contributed by atoms with Crippen molar-refractivity contribution in [3.63, 3.8) is 0 Å². The number of rotatable bonds is 4. The molecular weight excluding hydrogens is 258 g/mol. The van der Waals surface area contributed by atoms with E-state index in [9.17, 15) is 4.79 Å². The number of hydrogen-bond acceptors (Lipinski definition) is 3. The van der Waals surface area contributed by atoms with E-state index in [1.165, 1.54) is 6.42 Å². The zero-order valence-electron chi connectivity index (χ0n) is 10.7. The second kappa shape index (κ2) is 6.70. The number of hydrogen-bond donors (Lipinski definition) is 2. The fraction of sp³-hybridized carbons (Fsp3) is 0.917. The van der Waals surface area contributed by atoms with E-state index in [-0.39, 0.29) is 31.0 Å². The van der Waals surface area contributed by atoms with E-state index in [0.29, 0.717) is 6.61 Å². The second-order valence-corrected chi connectivity index (χ2v) is 5.03. The van der Waals surface area contributed by atoms with Gasteiger partial charge in [0.2, 0.25) is 0 Å². The summed E-state index contributed by atoms with van der Waals surface area (Å²) in [6, 6.07) is -0.0474.